The maximum Gasteiger partial charge on any atom is 0.255 e. The summed E-state index contributed by atoms with van der Waals surface area (Å²) in [6, 6.07) is 7.60. The molecular formula is C16H16N4O. The highest BCUT2D eigenvalue weighted by atomic mass is 16.2. The first-order chi connectivity index (χ1) is 10.2. The molecule has 3 aromatic rings. The molecule has 0 unspecified atom stereocenters. The molecule has 5 heteroatoms. The van der Waals surface area contributed by atoms with E-state index >= 15 is 0 Å². The summed E-state index contributed by atoms with van der Waals surface area (Å²) in [4.78, 5) is 22.3. The molecule has 0 spiro atoms. The first kappa shape index (κ1) is 13.3. The smallest absolute Gasteiger partial charge is 0.255 e. The van der Waals surface area contributed by atoms with E-state index in [2.05, 4.69) is 9.97 Å². The van der Waals surface area contributed by atoms with Crippen LogP contribution >= 0.6 is 0 Å². The molecule has 0 saturated carbocycles. The summed E-state index contributed by atoms with van der Waals surface area (Å²) >= 11 is 0. The number of rotatable bonds is 4. The number of pyridine rings is 2. The van der Waals surface area contributed by atoms with Crippen molar-refractivity contribution in [3.8, 4) is 0 Å². The topological polar surface area (TPSA) is 50.5 Å². The van der Waals surface area contributed by atoms with Gasteiger partial charge < -0.3 is 9.30 Å². The van der Waals surface area contributed by atoms with Crippen molar-refractivity contribution in [2.75, 3.05) is 13.6 Å². The average molecular weight is 280 g/mol. The first-order valence-electron chi connectivity index (χ1n) is 6.81. The monoisotopic (exact) mass is 280 g/mol. The maximum atomic E-state index is 12.4. The van der Waals surface area contributed by atoms with Crippen LogP contribution in [0.1, 0.15) is 15.9 Å². The van der Waals surface area contributed by atoms with E-state index in [0.717, 1.165) is 12.1 Å². The Morgan fingerprint density at radius 1 is 1.19 bits per heavy atom. The van der Waals surface area contributed by atoms with E-state index in [0.29, 0.717) is 12.1 Å². The Labute approximate surface area is 122 Å². The minimum absolute atomic E-state index is 0.0136. The van der Waals surface area contributed by atoms with Crippen molar-refractivity contribution in [2.24, 2.45) is 0 Å². The van der Waals surface area contributed by atoms with Crippen LogP contribution in [0.25, 0.3) is 5.65 Å². The van der Waals surface area contributed by atoms with Gasteiger partial charge in [0, 0.05) is 44.6 Å². The number of nitrogens with zero attached hydrogens (tertiary/aromatic N) is 4. The van der Waals surface area contributed by atoms with Gasteiger partial charge in [-0.2, -0.15) is 0 Å². The lowest BCUT2D eigenvalue weighted by atomic mass is 10.2. The fourth-order valence-corrected chi connectivity index (χ4v) is 2.21. The summed E-state index contributed by atoms with van der Waals surface area (Å²) in [5.41, 5.74) is 2.68. The van der Waals surface area contributed by atoms with Crippen molar-refractivity contribution < 1.29 is 4.79 Å². The molecule has 0 N–H and O–H groups in total. The Morgan fingerprint density at radius 2 is 2.00 bits per heavy atom. The van der Waals surface area contributed by atoms with Crippen molar-refractivity contribution in [1.82, 2.24) is 19.3 Å². The zero-order valence-electron chi connectivity index (χ0n) is 11.8. The van der Waals surface area contributed by atoms with Gasteiger partial charge in [0.15, 0.2) is 0 Å². The van der Waals surface area contributed by atoms with Crippen LogP contribution in [0.3, 0.4) is 0 Å². The average Bonchev–Trinajstić information content (AvgIpc) is 3.00. The highest BCUT2D eigenvalue weighted by Crippen LogP contribution is 2.08. The van der Waals surface area contributed by atoms with Gasteiger partial charge in [-0.3, -0.25) is 9.78 Å². The van der Waals surface area contributed by atoms with Crippen LogP contribution < -0.4 is 0 Å². The second kappa shape index (κ2) is 5.75. The third-order valence-corrected chi connectivity index (χ3v) is 3.47. The molecule has 3 rings (SSSR count). The van der Waals surface area contributed by atoms with E-state index in [4.69, 9.17) is 0 Å². The second-order valence-electron chi connectivity index (χ2n) is 4.94. The van der Waals surface area contributed by atoms with Crippen molar-refractivity contribution >= 4 is 11.6 Å². The SMILES string of the molecule is CN(CCc1ccncc1)C(=O)c1ccc2nccn2c1. The Hall–Kier alpha value is -2.69. The van der Waals surface area contributed by atoms with Crippen LogP contribution in [0.15, 0.2) is 55.2 Å². The molecule has 0 bridgehead atoms. The predicted molar refractivity (Wildman–Crippen MR) is 80.1 cm³/mol. The zero-order chi connectivity index (χ0) is 14.7. The van der Waals surface area contributed by atoms with Crippen molar-refractivity contribution in [2.45, 2.75) is 6.42 Å². The summed E-state index contributed by atoms with van der Waals surface area (Å²) in [6.45, 7) is 0.671. The van der Waals surface area contributed by atoms with Gasteiger partial charge in [-0.1, -0.05) is 0 Å². The quantitative estimate of drug-likeness (QED) is 0.735. The second-order valence-corrected chi connectivity index (χ2v) is 4.94. The van der Waals surface area contributed by atoms with Crippen LogP contribution in [-0.4, -0.2) is 38.8 Å². The molecule has 106 valence electrons. The lowest BCUT2D eigenvalue weighted by Gasteiger charge is -2.17. The molecule has 0 atom stereocenters. The molecule has 0 aliphatic carbocycles. The number of imidazole rings is 1. The summed E-state index contributed by atoms with van der Waals surface area (Å²) in [6.07, 6.45) is 9.72. The Bertz CT molecular complexity index is 751. The van der Waals surface area contributed by atoms with E-state index < -0.39 is 0 Å². The van der Waals surface area contributed by atoms with Crippen molar-refractivity contribution in [3.63, 3.8) is 0 Å². The van der Waals surface area contributed by atoms with Gasteiger partial charge in [0.25, 0.3) is 5.91 Å². The molecule has 0 aromatic carbocycles. The molecule has 3 aromatic heterocycles. The molecule has 0 aliphatic heterocycles. The standard InChI is InChI=1S/C16H16N4O/c1-19(10-6-13-4-7-17-8-5-13)16(21)14-2-3-15-18-9-11-20(15)12-14/h2-5,7-9,11-12H,6,10H2,1H3. The minimum Gasteiger partial charge on any atom is -0.341 e. The molecular weight excluding hydrogens is 264 g/mol. The van der Waals surface area contributed by atoms with Gasteiger partial charge >= 0.3 is 0 Å². The number of fused-ring (bicyclic) bond motifs is 1. The van der Waals surface area contributed by atoms with Gasteiger partial charge in [0.2, 0.25) is 0 Å². The number of amides is 1. The van der Waals surface area contributed by atoms with Crippen molar-refractivity contribution in [1.29, 1.82) is 0 Å². The molecule has 0 fully saturated rings. The molecule has 3 heterocycles. The van der Waals surface area contributed by atoms with Gasteiger partial charge in [0.05, 0.1) is 5.56 Å². The Morgan fingerprint density at radius 3 is 2.81 bits per heavy atom. The van der Waals surface area contributed by atoms with E-state index in [-0.39, 0.29) is 5.91 Å². The van der Waals surface area contributed by atoms with Gasteiger partial charge in [-0.05, 0) is 36.2 Å². The molecule has 0 saturated heterocycles. The Balaban J connectivity index is 1.69. The molecule has 0 aliphatic rings. The first-order valence-corrected chi connectivity index (χ1v) is 6.81. The number of hydrogen-bond acceptors (Lipinski definition) is 3. The summed E-state index contributed by atoms with van der Waals surface area (Å²) < 4.78 is 1.85. The van der Waals surface area contributed by atoms with Crippen molar-refractivity contribution in [3.05, 3.63) is 66.4 Å². The predicted octanol–water partition coefficient (Wildman–Crippen LogP) is 2.04. The fourth-order valence-electron chi connectivity index (χ4n) is 2.21. The number of carbonyl (C=O) groups is 1. The van der Waals surface area contributed by atoms with E-state index in [9.17, 15) is 4.79 Å². The van der Waals surface area contributed by atoms with Gasteiger partial charge in [0.1, 0.15) is 5.65 Å². The maximum absolute atomic E-state index is 12.4. The van der Waals surface area contributed by atoms with E-state index in [1.165, 1.54) is 5.56 Å². The van der Waals surface area contributed by atoms with Gasteiger partial charge in [-0.15, -0.1) is 0 Å². The third kappa shape index (κ3) is 2.91. The number of aromatic nitrogens is 3. The molecule has 5 nitrogen and oxygen atoms in total. The highest BCUT2D eigenvalue weighted by Gasteiger charge is 2.12. The summed E-state index contributed by atoms with van der Waals surface area (Å²) in [7, 11) is 1.82. The minimum atomic E-state index is 0.0136. The molecule has 1 amide bonds. The normalized spacial score (nSPS) is 10.7. The van der Waals surface area contributed by atoms with Gasteiger partial charge in [-0.25, -0.2) is 4.98 Å². The summed E-state index contributed by atoms with van der Waals surface area (Å²) in [5.74, 6) is 0.0136. The van der Waals surface area contributed by atoms with Crippen LogP contribution in [0.5, 0.6) is 0 Å². The number of likely N-dealkylation sites (N-methyl/N-ethyl adjacent to an activating group) is 1. The third-order valence-electron chi connectivity index (χ3n) is 3.47. The van der Waals surface area contributed by atoms with E-state index in [1.807, 2.05) is 48.1 Å². The lowest BCUT2D eigenvalue weighted by Crippen LogP contribution is -2.29. The Kier molecular flexibility index (Phi) is 3.64. The molecule has 21 heavy (non-hydrogen) atoms. The van der Waals surface area contributed by atoms with Crippen LogP contribution in [0.2, 0.25) is 0 Å². The molecule has 0 radical (unpaired) electrons. The van der Waals surface area contributed by atoms with Crippen LogP contribution in [-0.2, 0) is 6.42 Å². The van der Waals surface area contributed by atoms with E-state index in [1.54, 1.807) is 23.5 Å². The largest absolute Gasteiger partial charge is 0.341 e. The number of hydrogen-bond donors (Lipinski definition) is 0. The van der Waals surface area contributed by atoms with Crippen LogP contribution in [0.4, 0.5) is 0 Å². The van der Waals surface area contributed by atoms with Crippen LogP contribution in [0, 0.1) is 0 Å². The lowest BCUT2D eigenvalue weighted by molar-refractivity contribution is 0.0796. The highest BCUT2D eigenvalue weighted by molar-refractivity contribution is 5.94. The fraction of sp³-hybridized carbons (Fsp3) is 0.188. The number of carbonyl (C=O) groups excluding carboxylic acids is 1. The summed E-state index contributed by atoms with van der Waals surface area (Å²) in [5, 5.41) is 0. The zero-order valence-corrected chi connectivity index (χ0v) is 11.8.